The highest BCUT2D eigenvalue weighted by atomic mass is 16.5. The standard InChI is InChI=1S/C22H23N3O3/c1-3-27-22-7-6-15(12-25-22)16-9-19-18(5-4-8-23-19)20(10-16)28-14(2)17-11-21(26)24-13-17/h4-10,12,14,17H,3,11,13H2,1-2H3,(H,24,26)/t14-,17-/m1/s1. The van der Waals surface area contributed by atoms with Crippen molar-refractivity contribution in [1.29, 1.82) is 0 Å². The lowest BCUT2D eigenvalue weighted by atomic mass is 10.0. The summed E-state index contributed by atoms with van der Waals surface area (Å²) in [5.41, 5.74) is 2.80. The number of benzene rings is 1. The zero-order chi connectivity index (χ0) is 19.5. The molecule has 1 aromatic carbocycles. The summed E-state index contributed by atoms with van der Waals surface area (Å²) < 4.78 is 11.7. The molecule has 4 rings (SSSR count). The van der Waals surface area contributed by atoms with Crippen LogP contribution in [0.3, 0.4) is 0 Å². The van der Waals surface area contributed by atoms with E-state index in [1.54, 1.807) is 12.4 Å². The van der Waals surface area contributed by atoms with Gasteiger partial charge in [-0.25, -0.2) is 4.98 Å². The average Bonchev–Trinajstić information content (AvgIpc) is 3.15. The van der Waals surface area contributed by atoms with Crippen LogP contribution in [0.15, 0.2) is 48.8 Å². The average molecular weight is 377 g/mol. The van der Waals surface area contributed by atoms with Gasteiger partial charge in [-0.1, -0.05) is 0 Å². The van der Waals surface area contributed by atoms with E-state index in [1.807, 2.05) is 50.2 Å². The van der Waals surface area contributed by atoms with Crippen molar-refractivity contribution in [1.82, 2.24) is 15.3 Å². The van der Waals surface area contributed by atoms with Crippen LogP contribution in [0.1, 0.15) is 20.3 Å². The van der Waals surface area contributed by atoms with Crippen LogP contribution in [0.4, 0.5) is 0 Å². The van der Waals surface area contributed by atoms with Gasteiger partial charge in [-0.3, -0.25) is 9.78 Å². The lowest BCUT2D eigenvalue weighted by Crippen LogP contribution is -2.25. The third-order valence-corrected chi connectivity index (χ3v) is 5.03. The van der Waals surface area contributed by atoms with Crippen molar-refractivity contribution in [3.05, 3.63) is 48.8 Å². The molecule has 1 N–H and O–H groups in total. The molecule has 0 radical (unpaired) electrons. The highest BCUT2D eigenvalue weighted by molar-refractivity contribution is 5.90. The topological polar surface area (TPSA) is 73.3 Å². The second-order valence-corrected chi connectivity index (χ2v) is 6.95. The first-order valence-corrected chi connectivity index (χ1v) is 9.55. The summed E-state index contributed by atoms with van der Waals surface area (Å²) in [4.78, 5) is 20.4. The number of hydrogen-bond acceptors (Lipinski definition) is 5. The number of aromatic nitrogens is 2. The Morgan fingerprint density at radius 1 is 1.21 bits per heavy atom. The van der Waals surface area contributed by atoms with E-state index in [9.17, 15) is 4.79 Å². The van der Waals surface area contributed by atoms with E-state index in [0.717, 1.165) is 27.8 Å². The number of hydrogen-bond donors (Lipinski definition) is 1. The molecule has 0 unspecified atom stereocenters. The van der Waals surface area contributed by atoms with Crippen LogP contribution < -0.4 is 14.8 Å². The van der Waals surface area contributed by atoms with Crippen molar-refractivity contribution in [2.75, 3.05) is 13.2 Å². The summed E-state index contributed by atoms with van der Waals surface area (Å²) in [6.45, 7) is 5.18. The summed E-state index contributed by atoms with van der Waals surface area (Å²) in [6, 6.07) is 11.8. The monoisotopic (exact) mass is 377 g/mol. The summed E-state index contributed by atoms with van der Waals surface area (Å²) >= 11 is 0. The zero-order valence-corrected chi connectivity index (χ0v) is 16.0. The van der Waals surface area contributed by atoms with Crippen molar-refractivity contribution in [2.24, 2.45) is 5.92 Å². The molecule has 6 nitrogen and oxygen atoms in total. The maximum absolute atomic E-state index is 11.5. The predicted octanol–water partition coefficient (Wildman–Crippen LogP) is 3.60. The number of amides is 1. The van der Waals surface area contributed by atoms with Gasteiger partial charge in [-0.2, -0.15) is 0 Å². The van der Waals surface area contributed by atoms with Gasteiger partial charge < -0.3 is 14.8 Å². The minimum absolute atomic E-state index is 0.0844. The first-order valence-electron chi connectivity index (χ1n) is 9.55. The molecule has 2 atom stereocenters. The Morgan fingerprint density at radius 2 is 2.11 bits per heavy atom. The molecule has 3 aromatic rings. The fourth-order valence-corrected chi connectivity index (χ4v) is 3.45. The number of ether oxygens (including phenoxy) is 2. The van der Waals surface area contributed by atoms with Crippen LogP contribution in [-0.2, 0) is 4.79 Å². The maximum Gasteiger partial charge on any atom is 0.220 e. The second kappa shape index (κ2) is 7.84. The number of pyridine rings is 2. The highest BCUT2D eigenvalue weighted by Gasteiger charge is 2.28. The van der Waals surface area contributed by atoms with E-state index in [2.05, 4.69) is 15.3 Å². The maximum atomic E-state index is 11.5. The Morgan fingerprint density at radius 3 is 2.82 bits per heavy atom. The lowest BCUT2D eigenvalue weighted by Gasteiger charge is -2.21. The second-order valence-electron chi connectivity index (χ2n) is 6.95. The molecule has 1 amide bonds. The molecular weight excluding hydrogens is 354 g/mol. The minimum atomic E-state index is -0.0870. The van der Waals surface area contributed by atoms with Gasteiger partial charge >= 0.3 is 0 Å². The number of carbonyl (C=O) groups is 1. The van der Waals surface area contributed by atoms with Crippen LogP contribution in [0.5, 0.6) is 11.6 Å². The van der Waals surface area contributed by atoms with Gasteiger partial charge in [-0.05, 0) is 49.7 Å². The van der Waals surface area contributed by atoms with E-state index in [1.165, 1.54) is 0 Å². The number of rotatable bonds is 6. The van der Waals surface area contributed by atoms with E-state index in [0.29, 0.717) is 25.5 Å². The fraction of sp³-hybridized carbons (Fsp3) is 0.318. The molecule has 6 heteroatoms. The van der Waals surface area contributed by atoms with Gasteiger partial charge in [0, 0.05) is 48.3 Å². The summed E-state index contributed by atoms with van der Waals surface area (Å²) in [5, 5.41) is 3.83. The predicted molar refractivity (Wildman–Crippen MR) is 107 cm³/mol. The molecule has 1 saturated heterocycles. The number of nitrogens with one attached hydrogen (secondary N) is 1. The Kier molecular flexibility index (Phi) is 5.10. The summed E-state index contributed by atoms with van der Waals surface area (Å²) in [7, 11) is 0. The number of carbonyl (C=O) groups excluding carboxylic acids is 1. The van der Waals surface area contributed by atoms with Gasteiger partial charge in [-0.15, -0.1) is 0 Å². The third kappa shape index (κ3) is 3.76. The molecule has 144 valence electrons. The van der Waals surface area contributed by atoms with Gasteiger partial charge in [0.2, 0.25) is 11.8 Å². The Labute approximate surface area is 163 Å². The lowest BCUT2D eigenvalue weighted by molar-refractivity contribution is -0.119. The minimum Gasteiger partial charge on any atom is -0.490 e. The van der Waals surface area contributed by atoms with E-state index >= 15 is 0 Å². The molecule has 28 heavy (non-hydrogen) atoms. The van der Waals surface area contributed by atoms with E-state index in [4.69, 9.17) is 9.47 Å². The Bertz CT molecular complexity index is 988. The third-order valence-electron chi connectivity index (χ3n) is 5.03. The van der Waals surface area contributed by atoms with E-state index in [-0.39, 0.29) is 17.9 Å². The van der Waals surface area contributed by atoms with Crippen LogP contribution in [0, 0.1) is 5.92 Å². The van der Waals surface area contributed by atoms with Gasteiger partial charge in [0.1, 0.15) is 11.9 Å². The molecule has 2 aromatic heterocycles. The van der Waals surface area contributed by atoms with E-state index < -0.39 is 0 Å². The van der Waals surface area contributed by atoms with Crippen molar-refractivity contribution in [3.8, 4) is 22.8 Å². The molecular formula is C22H23N3O3. The first-order chi connectivity index (χ1) is 13.6. The van der Waals surface area contributed by atoms with Crippen LogP contribution in [-0.4, -0.2) is 35.1 Å². The van der Waals surface area contributed by atoms with Gasteiger partial charge in [0.05, 0.1) is 12.1 Å². The molecule has 1 fully saturated rings. The molecule has 0 bridgehead atoms. The number of fused-ring (bicyclic) bond motifs is 1. The SMILES string of the molecule is CCOc1ccc(-c2cc(O[C@H](C)[C@H]3CNC(=O)C3)c3cccnc3c2)cn1. The number of nitrogens with zero attached hydrogens (tertiary/aromatic N) is 2. The first kappa shape index (κ1) is 18.2. The van der Waals surface area contributed by atoms with Crippen molar-refractivity contribution >= 4 is 16.8 Å². The van der Waals surface area contributed by atoms with Crippen LogP contribution >= 0.6 is 0 Å². The smallest absolute Gasteiger partial charge is 0.220 e. The van der Waals surface area contributed by atoms with Gasteiger partial charge in [0.25, 0.3) is 0 Å². The fourth-order valence-electron chi connectivity index (χ4n) is 3.45. The Hall–Kier alpha value is -3.15. The summed E-state index contributed by atoms with van der Waals surface area (Å²) in [6.07, 6.45) is 3.98. The van der Waals surface area contributed by atoms with Gasteiger partial charge in [0.15, 0.2) is 0 Å². The quantitative estimate of drug-likeness (QED) is 0.711. The van der Waals surface area contributed by atoms with Crippen LogP contribution in [0.2, 0.25) is 0 Å². The largest absolute Gasteiger partial charge is 0.490 e. The molecule has 0 saturated carbocycles. The Balaban J connectivity index is 1.68. The van der Waals surface area contributed by atoms with Crippen LogP contribution in [0.25, 0.3) is 22.0 Å². The highest BCUT2D eigenvalue weighted by Crippen LogP contribution is 2.33. The zero-order valence-electron chi connectivity index (χ0n) is 16.0. The van der Waals surface area contributed by atoms with Crippen molar-refractivity contribution in [2.45, 2.75) is 26.4 Å². The summed E-state index contributed by atoms with van der Waals surface area (Å²) in [5.74, 6) is 1.62. The van der Waals surface area contributed by atoms with Crippen molar-refractivity contribution < 1.29 is 14.3 Å². The molecule has 0 spiro atoms. The normalized spacial score (nSPS) is 17.4. The molecule has 1 aliphatic heterocycles. The molecule has 1 aliphatic rings. The molecule has 3 heterocycles. The molecule has 0 aliphatic carbocycles. The van der Waals surface area contributed by atoms with Crippen molar-refractivity contribution in [3.63, 3.8) is 0 Å².